The molecule has 1 unspecified atom stereocenters. The van der Waals surface area contributed by atoms with Crippen molar-refractivity contribution in [2.75, 3.05) is 32.5 Å². The van der Waals surface area contributed by atoms with Crippen LogP contribution in [0.5, 0.6) is 0 Å². The van der Waals surface area contributed by atoms with Crippen LogP contribution in [0.1, 0.15) is 12.8 Å². The number of anilines is 1. The SMILES string of the molecule is CN(C)CCn1ncc(NCC2CCC(=O)N2)c(Br)c1=O. The van der Waals surface area contributed by atoms with Crippen LogP contribution in [-0.2, 0) is 11.3 Å². The quantitative estimate of drug-likeness (QED) is 0.763. The summed E-state index contributed by atoms with van der Waals surface area (Å²) in [7, 11) is 3.90. The fourth-order valence-electron chi connectivity index (χ4n) is 2.11. The van der Waals surface area contributed by atoms with Crippen LogP contribution in [0.25, 0.3) is 0 Å². The standard InChI is InChI=1S/C13H20BrN5O2/c1-18(2)5-6-19-13(21)12(14)10(8-16-19)15-7-9-3-4-11(20)17-9/h8-9,15H,3-7H2,1-2H3,(H,17,20). The summed E-state index contributed by atoms with van der Waals surface area (Å²) >= 11 is 3.32. The molecule has 8 heteroatoms. The van der Waals surface area contributed by atoms with E-state index in [4.69, 9.17) is 0 Å². The van der Waals surface area contributed by atoms with Gasteiger partial charge in [-0.1, -0.05) is 0 Å². The summed E-state index contributed by atoms with van der Waals surface area (Å²) < 4.78 is 1.91. The molecule has 0 saturated carbocycles. The number of aromatic nitrogens is 2. The Morgan fingerprint density at radius 1 is 1.52 bits per heavy atom. The molecule has 1 fully saturated rings. The largest absolute Gasteiger partial charge is 0.381 e. The second-order valence-corrected chi connectivity index (χ2v) is 6.18. The van der Waals surface area contributed by atoms with E-state index in [1.165, 1.54) is 4.68 Å². The van der Waals surface area contributed by atoms with Crippen LogP contribution in [0.2, 0.25) is 0 Å². The first kappa shape index (κ1) is 16.0. The minimum atomic E-state index is -0.155. The van der Waals surface area contributed by atoms with Crippen molar-refractivity contribution in [3.8, 4) is 0 Å². The molecule has 0 radical (unpaired) electrons. The van der Waals surface area contributed by atoms with Gasteiger partial charge in [0.05, 0.1) is 18.4 Å². The Morgan fingerprint density at radius 2 is 2.29 bits per heavy atom. The number of halogens is 1. The lowest BCUT2D eigenvalue weighted by Crippen LogP contribution is -2.33. The molecule has 1 atom stereocenters. The third-order valence-electron chi connectivity index (χ3n) is 3.37. The molecule has 116 valence electrons. The first-order chi connectivity index (χ1) is 9.97. The van der Waals surface area contributed by atoms with Crippen molar-refractivity contribution in [3.63, 3.8) is 0 Å². The zero-order valence-electron chi connectivity index (χ0n) is 12.2. The highest BCUT2D eigenvalue weighted by Gasteiger charge is 2.20. The lowest BCUT2D eigenvalue weighted by Gasteiger charge is -2.15. The molecule has 1 saturated heterocycles. The van der Waals surface area contributed by atoms with Crippen LogP contribution in [0.3, 0.4) is 0 Å². The number of hydrogen-bond acceptors (Lipinski definition) is 5. The lowest BCUT2D eigenvalue weighted by atomic mass is 10.2. The van der Waals surface area contributed by atoms with Gasteiger partial charge in [0, 0.05) is 25.6 Å². The first-order valence-electron chi connectivity index (χ1n) is 6.91. The van der Waals surface area contributed by atoms with E-state index < -0.39 is 0 Å². The lowest BCUT2D eigenvalue weighted by molar-refractivity contribution is -0.119. The summed E-state index contributed by atoms with van der Waals surface area (Å²) in [6.07, 6.45) is 3.02. The van der Waals surface area contributed by atoms with Crippen molar-refractivity contribution in [1.29, 1.82) is 0 Å². The van der Waals surface area contributed by atoms with Crippen molar-refractivity contribution in [2.24, 2.45) is 0 Å². The smallest absolute Gasteiger partial charge is 0.283 e. The van der Waals surface area contributed by atoms with Crippen LogP contribution >= 0.6 is 15.9 Å². The van der Waals surface area contributed by atoms with Crippen LogP contribution in [-0.4, -0.2) is 53.8 Å². The van der Waals surface area contributed by atoms with Gasteiger partial charge in [-0.25, -0.2) is 4.68 Å². The van der Waals surface area contributed by atoms with Gasteiger partial charge in [0.1, 0.15) is 4.47 Å². The molecule has 2 rings (SSSR count). The molecular weight excluding hydrogens is 338 g/mol. The Bertz CT molecular complexity index is 572. The number of carbonyl (C=O) groups excluding carboxylic acids is 1. The van der Waals surface area contributed by atoms with E-state index in [0.717, 1.165) is 13.0 Å². The van der Waals surface area contributed by atoms with Crippen LogP contribution in [0.4, 0.5) is 5.69 Å². The van der Waals surface area contributed by atoms with E-state index in [0.29, 0.717) is 29.7 Å². The number of nitrogens with zero attached hydrogens (tertiary/aromatic N) is 3. The highest BCUT2D eigenvalue weighted by atomic mass is 79.9. The van der Waals surface area contributed by atoms with E-state index in [-0.39, 0.29) is 17.5 Å². The van der Waals surface area contributed by atoms with E-state index >= 15 is 0 Å². The van der Waals surface area contributed by atoms with Crippen LogP contribution in [0, 0.1) is 0 Å². The normalized spacial score (nSPS) is 18.1. The van der Waals surface area contributed by atoms with Gasteiger partial charge in [0.2, 0.25) is 5.91 Å². The summed E-state index contributed by atoms with van der Waals surface area (Å²) in [6.45, 7) is 1.89. The fraction of sp³-hybridized carbons (Fsp3) is 0.615. The Labute approximate surface area is 131 Å². The number of likely N-dealkylation sites (N-methyl/N-ethyl adjacent to an activating group) is 1. The molecule has 1 aliphatic rings. The molecule has 21 heavy (non-hydrogen) atoms. The Morgan fingerprint density at radius 3 is 2.90 bits per heavy atom. The van der Waals surface area contributed by atoms with Gasteiger partial charge in [-0.2, -0.15) is 5.10 Å². The molecule has 2 N–H and O–H groups in total. The zero-order chi connectivity index (χ0) is 15.4. The Hall–Kier alpha value is -1.41. The average molecular weight is 358 g/mol. The molecule has 0 aliphatic carbocycles. The Balaban J connectivity index is 1.99. The second kappa shape index (κ2) is 7.04. The molecule has 0 bridgehead atoms. The summed E-state index contributed by atoms with van der Waals surface area (Å²) in [4.78, 5) is 25.3. The number of amides is 1. The fourth-order valence-corrected chi connectivity index (χ4v) is 2.55. The molecule has 1 aliphatic heterocycles. The second-order valence-electron chi connectivity index (χ2n) is 5.39. The van der Waals surface area contributed by atoms with Crippen molar-refractivity contribution >= 4 is 27.5 Å². The highest BCUT2D eigenvalue weighted by Crippen LogP contribution is 2.17. The number of carbonyl (C=O) groups is 1. The molecule has 1 amide bonds. The number of hydrogen-bond donors (Lipinski definition) is 2. The van der Waals surface area contributed by atoms with E-state index in [1.807, 2.05) is 19.0 Å². The van der Waals surface area contributed by atoms with Crippen LogP contribution < -0.4 is 16.2 Å². The summed E-state index contributed by atoms with van der Waals surface area (Å²) in [5.74, 6) is 0.0816. The third kappa shape index (κ3) is 4.28. The Kier molecular flexibility index (Phi) is 5.35. The monoisotopic (exact) mass is 357 g/mol. The van der Waals surface area contributed by atoms with E-state index in [9.17, 15) is 9.59 Å². The van der Waals surface area contributed by atoms with Gasteiger partial charge < -0.3 is 15.5 Å². The minimum absolute atomic E-state index is 0.0816. The third-order valence-corrected chi connectivity index (χ3v) is 4.13. The van der Waals surface area contributed by atoms with E-state index in [1.54, 1.807) is 6.20 Å². The topological polar surface area (TPSA) is 79.3 Å². The van der Waals surface area contributed by atoms with Gasteiger partial charge in [-0.05, 0) is 36.4 Å². The highest BCUT2D eigenvalue weighted by molar-refractivity contribution is 9.10. The predicted octanol–water partition coefficient (Wildman–Crippen LogP) is 0.258. The summed E-state index contributed by atoms with van der Waals surface area (Å²) in [5.41, 5.74) is 0.500. The van der Waals surface area contributed by atoms with Crippen LogP contribution in [0.15, 0.2) is 15.5 Å². The van der Waals surface area contributed by atoms with Gasteiger partial charge in [0.25, 0.3) is 5.56 Å². The van der Waals surface area contributed by atoms with Crippen molar-refractivity contribution in [2.45, 2.75) is 25.4 Å². The van der Waals surface area contributed by atoms with Gasteiger partial charge in [0.15, 0.2) is 0 Å². The first-order valence-corrected chi connectivity index (χ1v) is 7.70. The van der Waals surface area contributed by atoms with Crippen molar-refractivity contribution in [1.82, 2.24) is 20.0 Å². The molecule has 1 aromatic rings. The molecule has 0 aromatic carbocycles. The van der Waals surface area contributed by atoms with Crippen molar-refractivity contribution in [3.05, 3.63) is 21.0 Å². The maximum Gasteiger partial charge on any atom is 0.283 e. The van der Waals surface area contributed by atoms with Gasteiger partial charge >= 0.3 is 0 Å². The molecule has 7 nitrogen and oxygen atoms in total. The molecule has 2 heterocycles. The zero-order valence-corrected chi connectivity index (χ0v) is 13.8. The predicted molar refractivity (Wildman–Crippen MR) is 84.4 cm³/mol. The average Bonchev–Trinajstić information content (AvgIpc) is 2.85. The summed E-state index contributed by atoms with van der Waals surface area (Å²) in [5, 5.41) is 10.2. The molecule has 1 aromatic heterocycles. The van der Waals surface area contributed by atoms with E-state index in [2.05, 4.69) is 31.7 Å². The van der Waals surface area contributed by atoms with Gasteiger partial charge in [-0.3, -0.25) is 9.59 Å². The summed E-state index contributed by atoms with van der Waals surface area (Å²) in [6, 6.07) is 0.112. The molecular formula is C13H20BrN5O2. The van der Waals surface area contributed by atoms with Crippen molar-refractivity contribution < 1.29 is 4.79 Å². The maximum absolute atomic E-state index is 12.2. The number of nitrogens with one attached hydrogen (secondary N) is 2. The maximum atomic E-state index is 12.2. The minimum Gasteiger partial charge on any atom is -0.381 e. The van der Waals surface area contributed by atoms with Gasteiger partial charge in [-0.15, -0.1) is 0 Å². The number of rotatable bonds is 6. The molecule has 0 spiro atoms.